The van der Waals surface area contributed by atoms with E-state index in [0.717, 1.165) is 0 Å². The Labute approximate surface area is 148 Å². The van der Waals surface area contributed by atoms with Crippen molar-refractivity contribution in [2.24, 2.45) is 0 Å². The van der Waals surface area contributed by atoms with E-state index in [-0.39, 0.29) is 35.6 Å². The van der Waals surface area contributed by atoms with Crippen molar-refractivity contribution in [1.82, 2.24) is 9.21 Å². The van der Waals surface area contributed by atoms with Crippen LogP contribution in [0.2, 0.25) is 0 Å². The van der Waals surface area contributed by atoms with Crippen LogP contribution in [0.4, 0.5) is 4.39 Å². The minimum Gasteiger partial charge on any atom is -0.488 e. The molecule has 0 aliphatic carbocycles. The summed E-state index contributed by atoms with van der Waals surface area (Å²) >= 11 is 0. The molecule has 6 nitrogen and oxygen atoms in total. The van der Waals surface area contributed by atoms with Crippen molar-refractivity contribution in [2.45, 2.75) is 33.3 Å². The molecule has 1 fully saturated rings. The molecule has 1 aromatic rings. The highest BCUT2D eigenvalue weighted by Gasteiger charge is 2.26. The number of halogens is 1. The fraction of sp³-hybridized carbons (Fsp3) is 0.588. The number of nitrogens with zero attached hydrogens (tertiary/aromatic N) is 2. The first-order chi connectivity index (χ1) is 11.7. The van der Waals surface area contributed by atoms with Gasteiger partial charge in [-0.25, -0.2) is 17.1 Å². The lowest BCUT2D eigenvalue weighted by molar-refractivity contribution is 0.0763. The molecule has 2 rings (SSSR count). The zero-order valence-electron chi connectivity index (χ0n) is 14.9. The first-order valence-corrected chi connectivity index (χ1v) is 10.1. The van der Waals surface area contributed by atoms with Gasteiger partial charge in [0.25, 0.3) is 5.91 Å². The van der Waals surface area contributed by atoms with Gasteiger partial charge in [-0.15, -0.1) is 0 Å². The molecular formula is C17H25FN2O4S. The molecule has 1 aliphatic heterocycles. The molecule has 0 saturated carbocycles. The average molecular weight is 372 g/mol. The minimum absolute atomic E-state index is 0.0451. The predicted octanol–water partition coefficient (Wildman–Crippen LogP) is 2.11. The Bertz CT molecular complexity index is 721. The van der Waals surface area contributed by atoms with Crippen molar-refractivity contribution in [1.29, 1.82) is 0 Å². The van der Waals surface area contributed by atoms with E-state index in [1.54, 1.807) is 25.7 Å². The zero-order valence-corrected chi connectivity index (χ0v) is 15.7. The van der Waals surface area contributed by atoms with Crippen LogP contribution < -0.4 is 4.74 Å². The van der Waals surface area contributed by atoms with Crippen LogP contribution in [0.25, 0.3) is 0 Å². The van der Waals surface area contributed by atoms with Gasteiger partial charge < -0.3 is 9.64 Å². The molecule has 0 aromatic heterocycles. The summed E-state index contributed by atoms with van der Waals surface area (Å²) in [5.41, 5.74) is 0.236. The molecule has 0 atom stereocenters. The van der Waals surface area contributed by atoms with Crippen molar-refractivity contribution < 1.29 is 22.3 Å². The molecule has 1 aliphatic rings. The Kier molecular flexibility index (Phi) is 6.40. The molecule has 1 aromatic carbocycles. The fourth-order valence-corrected chi connectivity index (χ4v) is 3.86. The summed E-state index contributed by atoms with van der Waals surface area (Å²) in [6, 6.07) is 4.16. The summed E-state index contributed by atoms with van der Waals surface area (Å²) in [7, 11) is -3.26. The number of hydrogen-bond acceptors (Lipinski definition) is 4. The number of carbonyl (C=O) groups is 1. The highest BCUT2D eigenvalue weighted by Crippen LogP contribution is 2.21. The molecule has 1 saturated heterocycles. The number of benzene rings is 1. The van der Waals surface area contributed by atoms with Gasteiger partial charge in [-0.1, -0.05) is 0 Å². The maximum Gasteiger partial charge on any atom is 0.254 e. The topological polar surface area (TPSA) is 66.9 Å². The lowest BCUT2D eigenvalue weighted by atomic mass is 10.1. The Morgan fingerprint density at radius 3 is 2.56 bits per heavy atom. The summed E-state index contributed by atoms with van der Waals surface area (Å²) in [6.07, 6.45) is 0.398. The van der Waals surface area contributed by atoms with Crippen LogP contribution in [-0.4, -0.2) is 61.6 Å². The third kappa shape index (κ3) is 4.92. The molecule has 1 heterocycles. The molecule has 0 N–H and O–H groups in total. The summed E-state index contributed by atoms with van der Waals surface area (Å²) < 4.78 is 44.8. The Morgan fingerprint density at radius 2 is 1.96 bits per heavy atom. The Hall–Kier alpha value is -1.67. The number of sulfonamides is 1. The molecule has 1 amide bonds. The zero-order chi connectivity index (χ0) is 18.6. The largest absolute Gasteiger partial charge is 0.488 e. The van der Waals surface area contributed by atoms with Crippen molar-refractivity contribution in [3.05, 3.63) is 29.6 Å². The Balaban J connectivity index is 2.09. The first-order valence-electron chi connectivity index (χ1n) is 8.48. The van der Waals surface area contributed by atoms with Crippen LogP contribution >= 0.6 is 0 Å². The summed E-state index contributed by atoms with van der Waals surface area (Å²) in [6.45, 7) is 6.60. The number of hydrogen-bond donors (Lipinski definition) is 0. The second-order valence-electron chi connectivity index (χ2n) is 6.26. The van der Waals surface area contributed by atoms with Crippen LogP contribution in [0.15, 0.2) is 18.2 Å². The van der Waals surface area contributed by atoms with E-state index in [1.165, 1.54) is 22.5 Å². The van der Waals surface area contributed by atoms with Gasteiger partial charge in [-0.2, -0.15) is 0 Å². The van der Waals surface area contributed by atoms with Crippen molar-refractivity contribution >= 4 is 15.9 Å². The van der Waals surface area contributed by atoms with Gasteiger partial charge in [-0.3, -0.25) is 4.79 Å². The monoisotopic (exact) mass is 372 g/mol. The molecule has 0 bridgehead atoms. The number of ether oxygens (including phenoxy) is 1. The summed E-state index contributed by atoms with van der Waals surface area (Å²) in [4.78, 5) is 14.2. The molecule has 140 valence electrons. The lowest BCUT2D eigenvalue weighted by Crippen LogP contribution is -2.38. The smallest absolute Gasteiger partial charge is 0.254 e. The van der Waals surface area contributed by atoms with Gasteiger partial charge in [0.15, 0.2) is 11.6 Å². The standard InChI is InChI=1S/C17H25FN2O4S/c1-4-25(22,23)20-9-5-8-19(10-11-20)17(21)14-6-7-16(15(18)12-14)24-13(2)3/h6-7,12-13H,4-5,8-11H2,1-3H3. The van der Waals surface area contributed by atoms with Gasteiger partial charge in [0, 0.05) is 31.7 Å². The summed E-state index contributed by atoms with van der Waals surface area (Å²) in [5.74, 6) is -0.721. The highest BCUT2D eigenvalue weighted by molar-refractivity contribution is 7.89. The Morgan fingerprint density at radius 1 is 1.24 bits per heavy atom. The van der Waals surface area contributed by atoms with E-state index in [4.69, 9.17) is 4.74 Å². The normalized spacial score (nSPS) is 16.8. The molecule has 0 unspecified atom stereocenters. The van der Waals surface area contributed by atoms with E-state index < -0.39 is 15.8 Å². The molecule has 25 heavy (non-hydrogen) atoms. The van der Waals surface area contributed by atoms with Crippen molar-refractivity contribution in [2.75, 3.05) is 31.9 Å². The van der Waals surface area contributed by atoms with Gasteiger partial charge in [-0.05, 0) is 45.4 Å². The van der Waals surface area contributed by atoms with Crippen LogP contribution in [0.1, 0.15) is 37.6 Å². The minimum atomic E-state index is -3.26. The molecule has 8 heteroatoms. The van der Waals surface area contributed by atoms with E-state index in [0.29, 0.717) is 26.1 Å². The van der Waals surface area contributed by atoms with Crippen molar-refractivity contribution in [3.63, 3.8) is 0 Å². The second kappa shape index (κ2) is 8.14. The second-order valence-corrected chi connectivity index (χ2v) is 8.51. The van der Waals surface area contributed by atoms with Gasteiger partial charge >= 0.3 is 0 Å². The lowest BCUT2D eigenvalue weighted by Gasteiger charge is -2.22. The van der Waals surface area contributed by atoms with E-state index in [2.05, 4.69) is 0 Å². The van der Waals surface area contributed by atoms with Crippen LogP contribution in [0.3, 0.4) is 0 Å². The van der Waals surface area contributed by atoms with E-state index >= 15 is 0 Å². The third-order valence-corrected chi connectivity index (χ3v) is 5.92. The number of rotatable bonds is 5. The average Bonchev–Trinajstić information content (AvgIpc) is 2.82. The van der Waals surface area contributed by atoms with Crippen LogP contribution in [-0.2, 0) is 10.0 Å². The summed E-state index contributed by atoms with van der Waals surface area (Å²) in [5, 5.41) is 0. The number of amides is 1. The van der Waals surface area contributed by atoms with Crippen LogP contribution in [0.5, 0.6) is 5.75 Å². The predicted molar refractivity (Wildman–Crippen MR) is 93.7 cm³/mol. The van der Waals surface area contributed by atoms with E-state index in [9.17, 15) is 17.6 Å². The maximum absolute atomic E-state index is 14.1. The van der Waals surface area contributed by atoms with Gasteiger partial charge in [0.05, 0.1) is 11.9 Å². The number of carbonyl (C=O) groups excluding carboxylic acids is 1. The van der Waals surface area contributed by atoms with Gasteiger partial charge in [0.1, 0.15) is 0 Å². The third-order valence-electron chi connectivity index (χ3n) is 4.04. The molecular weight excluding hydrogens is 347 g/mol. The maximum atomic E-state index is 14.1. The van der Waals surface area contributed by atoms with E-state index in [1.807, 2.05) is 0 Å². The first kappa shape index (κ1) is 19.7. The fourth-order valence-electron chi connectivity index (χ4n) is 2.72. The quantitative estimate of drug-likeness (QED) is 0.794. The molecule has 0 radical (unpaired) electrons. The highest BCUT2D eigenvalue weighted by atomic mass is 32.2. The molecule has 0 spiro atoms. The SMILES string of the molecule is CCS(=O)(=O)N1CCCN(C(=O)c2ccc(OC(C)C)c(F)c2)CC1. The van der Waals surface area contributed by atoms with Gasteiger partial charge in [0.2, 0.25) is 10.0 Å². The van der Waals surface area contributed by atoms with Crippen molar-refractivity contribution in [3.8, 4) is 5.75 Å². The van der Waals surface area contributed by atoms with Crippen LogP contribution in [0, 0.1) is 5.82 Å².